The number of hydrogen-bond acceptors (Lipinski definition) is 0. The van der Waals surface area contributed by atoms with E-state index in [1.165, 1.54) is 104 Å². The quantitative estimate of drug-likeness (QED) is 0.174. The highest BCUT2D eigenvalue weighted by molar-refractivity contribution is 6.27. The monoisotopic (exact) mass is 653 g/mol. The molecule has 0 saturated carbocycles. The van der Waals surface area contributed by atoms with Crippen LogP contribution in [0.3, 0.4) is 0 Å². The lowest BCUT2D eigenvalue weighted by Gasteiger charge is -2.14. The minimum atomic E-state index is 0.480. The first-order chi connectivity index (χ1) is 24.9. The van der Waals surface area contributed by atoms with E-state index in [1.54, 1.807) is 0 Å². The molecule has 51 heavy (non-hydrogen) atoms. The van der Waals surface area contributed by atoms with Crippen LogP contribution < -0.4 is 0 Å². The first kappa shape index (κ1) is 29.9. The SMILES string of the molecule is CC(C)c1ccc2cc3c(cc2c1)c1cc(-c2cc(-c4ccccc4)ccc2-c2ccccc2)cc2c4cc5cc(C(C)C)ccc5cc4n3c12. The highest BCUT2D eigenvalue weighted by Crippen LogP contribution is 2.46. The third kappa shape index (κ3) is 4.68. The first-order valence-corrected chi connectivity index (χ1v) is 18.3. The predicted octanol–water partition coefficient (Wildman–Crippen LogP) is 14.4. The molecule has 0 aliphatic rings. The van der Waals surface area contributed by atoms with Crippen molar-refractivity contribution in [3.63, 3.8) is 0 Å². The zero-order valence-corrected chi connectivity index (χ0v) is 29.5. The van der Waals surface area contributed by atoms with E-state index >= 15 is 0 Å². The van der Waals surface area contributed by atoms with Crippen LogP contribution in [0.25, 0.3) is 93.0 Å². The maximum atomic E-state index is 2.54. The Kier molecular flexibility index (Phi) is 6.64. The van der Waals surface area contributed by atoms with Gasteiger partial charge in [-0.2, -0.15) is 0 Å². The highest BCUT2D eigenvalue weighted by atomic mass is 14.9. The molecule has 0 atom stereocenters. The van der Waals surface area contributed by atoms with Gasteiger partial charge in [-0.15, -0.1) is 0 Å². The van der Waals surface area contributed by atoms with E-state index in [0.29, 0.717) is 11.8 Å². The molecule has 0 N–H and O–H groups in total. The molecule has 2 aromatic heterocycles. The summed E-state index contributed by atoms with van der Waals surface area (Å²) in [5.74, 6) is 0.960. The van der Waals surface area contributed by atoms with E-state index in [4.69, 9.17) is 0 Å². The number of aromatic nitrogens is 1. The Morgan fingerprint density at radius 3 is 1.41 bits per heavy atom. The molecule has 10 aromatic rings. The highest BCUT2D eigenvalue weighted by Gasteiger charge is 2.22. The number of rotatable bonds is 5. The molecule has 0 bridgehead atoms. The summed E-state index contributed by atoms with van der Waals surface area (Å²) in [6.45, 7) is 9.12. The smallest absolute Gasteiger partial charge is 0.0620 e. The van der Waals surface area contributed by atoms with Gasteiger partial charge in [0.15, 0.2) is 0 Å². The van der Waals surface area contributed by atoms with Crippen molar-refractivity contribution < 1.29 is 0 Å². The molecule has 0 fully saturated rings. The summed E-state index contributed by atoms with van der Waals surface area (Å²) in [5, 5.41) is 10.4. The molecule has 0 aliphatic heterocycles. The van der Waals surface area contributed by atoms with Crippen molar-refractivity contribution in [2.75, 3.05) is 0 Å². The molecular formula is C50H39N. The maximum Gasteiger partial charge on any atom is 0.0620 e. The van der Waals surface area contributed by atoms with Gasteiger partial charge in [0.2, 0.25) is 0 Å². The van der Waals surface area contributed by atoms with Crippen molar-refractivity contribution >= 4 is 59.6 Å². The number of benzene rings is 8. The minimum Gasteiger partial charge on any atom is -0.308 e. The van der Waals surface area contributed by atoms with E-state index in [1.807, 2.05) is 0 Å². The zero-order valence-electron chi connectivity index (χ0n) is 29.5. The van der Waals surface area contributed by atoms with E-state index in [2.05, 4.69) is 184 Å². The van der Waals surface area contributed by atoms with Crippen LogP contribution in [-0.2, 0) is 0 Å². The lowest BCUT2D eigenvalue weighted by Crippen LogP contribution is -1.89. The largest absolute Gasteiger partial charge is 0.308 e. The average Bonchev–Trinajstić information content (AvgIpc) is 3.66. The Bertz CT molecular complexity index is 2810. The van der Waals surface area contributed by atoms with Crippen LogP contribution in [0.15, 0.2) is 152 Å². The van der Waals surface area contributed by atoms with Gasteiger partial charge in [0.1, 0.15) is 0 Å². The number of fused-ring (bicyclic) bond motifs is 8. The Labute approximate surface area is 298 Å². The third-order valence-electron chi connectivity index (χ3n) is 11.2. The Morgan fingerprint density at radius 1 is 0.353 bits per heavy atom. The van der Waals surface area contributed by atoms with Gasteiger partial charge in [0, 0.05) is 21.5 Å². The summed E-state index contributed by atoms with van der Waals surface area (Å²) in [5.41, 5.74) is 14.0. The molecule has 0 unspecified atom stereocenters. The molecule has 0 aliphatic carbocycles. The topological polar surface area (TPSA) is 4.41 Å². The Morgan fingerprint density at radius 2 is 0.882 bits per heavy atom. The van der Waals surface area contributed by atoms with Crippen molar-refractivity contribution in [1.82, 2.24) is 4.40 Å². The summed E-state index contributed by atoms with van der Waals surface area (Å²) < 4.78 is 2.54. The van der Waals surface area contributed by atoms with Crippen LogP contribution in [-0.4, -0.2) is 4.40 Å². The van der Waals surface area contributed by atoms with Crippen molar-refractivity contribution in [2.24, 2.45) is 0 Å². The fourth-order valence-electron chi connectivity index (χ4n) is 8.40. The van der Waals surface area contributed by atoms with Gasteiger partial charge in [0.25, 0.3) is 0 Å². The summed E-state index contributed by atoms with van der Waals surface area (Å²) in [6.07, 6.45) is 0. The molecule has 244 valence electrons. The van der Waals surface area contributed by atoms with Gasteiger partial charge in [-0.05, 0) is 120 Å². The van der Waals surface area contributed by atoms with Gasteiger partial charge < -0.3 is 4.40 Å². The van der Waals surface area contributed by atoms with E-state index in [9.17, 15) is 0 Å². The maximum absolute atomic E-state index is 2.54. The van der Waals surface area contributed by atoms with Crippen molar-refractivity contribution in [3.8, 4) is 33.4 Å². The second-order valence-corrected chi connectivity index (χ2v) is 15.0. The van der Waals surface area contributed by atoms with Gasteiger partial charge in [-0.25, -0.2) is 0 Å². The molecule has 1 nitrogen and oxygen atoms in total. The van der Waals surface area contributed by atoms with Gasteiger partial charge in [-0.3, -0.25) is 0 Å². The number of nitrogens with zero attached hydrogens (tertiary/aromatic N) is 1. The molecule has 0 saturated heterocycles. The van der Waals surface area contributed by atoms with E-state index in [-0.39, 0.29) is 0 Å². The fraction of sp³-hybridized carbons (Fsp3) is 0.120. The average molecular weight is 654 g/mol. The van der Waals surface area contributed by atoms with Gasteiger partial charge in [0.05, 0.1) is 16.6 Å². The Hall–Kier alpha value is -5.92. The van der Waals surface area contributed by atoms with Crippen LogP contribution in [0.4, 0.5) is 0 Å². The van der Waals surface area contributed by atoms with E-state index < -0.39 is 0 Å². The Balaban J connectivity index is 1.35. The molecule has 0 amide bonds. The molecule has 0 spiro atoms. The van der Waals surface area contributed by atoms with Crippen LogP contribution in [0, 0.1) is 0 Å². The lowest BCUT2D eigenvalue weighted by molar-refractivity contribution is 0.869. The normalized spacial score (nSPS) is 12.3. The zero-order chi connectivity index (χ0) is 34.4. The molecule has 0 radical (unpaired) electrons. The predicted molar refractivity (Wildman–Crippen MR) is 221 cm³/mol. The van der Waals surface area contributed by atoms with Crippen molar-refractivity contribution in [2.45, 2.75) is 39.5 Å². The summed E-state index contributed by atoms with van der Waals surface area (Å²) in [7, 11) is 0. The summed E-state index contributed by atoms with van der Waals surface area (Å²) >= 11 is 0. The van der Waals surface area contributed by atoms with Crippen LogP contribution in [0.1, 0.15) is 50.7 Å². The molecule has 10 rings (SSSR count). The standard InChI is InChI=1S/C50H39N/c1-30(2)34-15-17-37-28-48-44(24-39(37)21-34)46-26-41(43-23-36(32-11-7-5-8-12-32)19-20-42(43)33-13-9-6-10-14-33)27-47-45-25-40-22-35(31(3)4)16-18-38(40)29-49(45)51(48)50(46)47/h5-31H,1-4H3. The minimum absolute atomic E-state index is 0.480. The van der Waals surface area contributed by atoms with E-state index in [0.717, 1.165) is 0 Å². The third-order valence-corrected chi connectivity index (χ3v) is 11.2. The van der Waals surface area contributed by atoms with Crippen molar-refractivity contribution in [1.29, 1.82) is 0 Å². The second kappa shape index (κ2) is 11.3. The summed E-state index contributed by atoms with van der Waals surface area (Å²) in [4.78, 5) is 0. The second-order valence-electron chi connectivity index (χ2n) is 15.0. The van der Waals surface area contributed by atoms with Crippen LogP contribution in [0.2, 0.25) is 0 Å². The number of hydrogen-bond donors (Lipinski definition) is 0. The molecule has 8 aromatic carbocycles. The van der Waals surface area contributed by atoms with Gasteiger partial charge in [-0.1, -0.05) is 137 Å². The van der Waals surface area contributed by atoms with Crippen molar-refractivity contribution in [3.05, 3.63) is 163 Å². The van der Waals surface area contributed by atoms with Gasteiger partial charge >= 0.3 is 0 Å². The van der Waals surface area contributed by atoms with Crippen LogP contribution >= 0.6 is 0 Å². The molecule has 1 heteroatoms. The lowest BCUT2D eigenvalue weighted by atomic mass is 9.89. The molecule has 2 heterocycles. The first-order valence-electron chi connectivity index (χ1n) is 18.3. The molecular weight excluding hydrogens is 615 g/mol. The van der Waals surface area contributed by atoms with Crippen LogP contribution in [0.5, 0.6) is 0 Å². The summed E-state index contributed by atoms with van der Waals surface area (Å²) in [6, 6.07) is 57.3. The fourth-order valence-corrected chi connectivity index (χ4v) is 8.40.